The fourth-order valence-corrected chi connectivity index (χ4v) is 3.42. The van der Waals surface area contributed by atoms with E-state index in [0.717, 1.165) is 5.41 Å². The molecule has 0 radical (unpaired) electrons. The van der Waals surface area contributed by atoms with Crippen molar-refractivity contribution in [2.45, 2.75) is 6.04 Å². The predicted molar refractivity (Wildman–Crippen MR) is 77.7 cm³/mol. The quantitative estimate of drug-likeness (QED) is 0.914. The molecule has 1 unspecified atom stereocenters. The molecule has 6 nitrogen and oxygen atoms in total. The van der Waals surface area contributed by atoms with E-state index in [1.807, 2.05) is 6.07 Å². The molecule has 21 heavy (non-hydrogen) atoms. The molecule has 1 N–H and O–H groups in total. The first-order valence-corrected chi connectivity index (χ1v) is 8.07. The SMILES string of the molecule is O=C(NC1C=CS(=O)(=O)C1)c1ccccc1-n1cccn1. The number of benzene rings is 1. The summed E-state index contributed by atoms with van der Waals surface area (Å²) in [6.45, 7) is 0. The molecule has 1 aromatic heterocycles. The van der Waals surface area contributed by atoms with Crippen LogP contribution in [0.5, 0.6) is 0 Å². The Morgan fingerprint density at radius 3 is 2.76 bits per heavy atom. The van der Waals surface area contributed by atoms with Crippen LogP contribution in [0.2, 0.25) is 0 Å². The van der Waals surface area contributed by atoms with Crippen molar-refractivity contribution in [1.82, 2.24) is 15.1 Å². The smallest absolute Gasteiger partial charge is 0.253 e. The number of aromatic nitrogens is 2. The van der Waals surface area contributed by atoms with E-state index < -0.39 is 15.9 Å². The zero-order valence-corrected chi connectivity index (χ0v) is 11.8. The minimum absolute atomic E-state index is 0.0946. The Morgan fingerprint density at radius 1 is 1.29 bits per heavy atom. The second kappa shape index (κ2) is 5.17. The fraction of sp³-hybridized carbons (Fsp3) is 0.143. The lowest BCUT2D eigenvalue weighted by Gasteiger charge is -2.13. The molecule has 1 aliphatic rings. The van der Waals surface area contributed by atoms with Crippen LogP contribution in [-0.2, 0) is 9.84 Å². The van der Waals surface area contributed by atoms with Crippen molar-refractivity contribution < 1.29 is 13.2 Å². The third-order valence-electron chi connectivity index (χ3n) is 3.15. The van der Waals surface area contributed by atoms with Crippen LogP contribution in [0.25, 0.3) is 5.69 Å². The van der Waals surface area contributed by atoms with Crippen molar-refractivity contribution in [3.05, 3.63) is 59.8 Å². The highest BCUT2D eigenvalue weighted by Gasteiger charge is 2.24. The van der Waals surface area contributed by atoms with Gasteiger partial charge in [-0.3, -0.25) is 4.79 Å². The molecule has 7 heteroatoms. The number of carbonyl (C=O) groups excluding carboxylic acids is 1. The van der Waals surface area contributed by atoms with Gasteiger partial charge in [0.2, 0.25) is 0 Å². The van der Waals surface area contributed by atoms with Gasteiger partial charge in [0.25, 0.3) is 5.91 Å². The van der Waals surface area contributed by atoms with E-state index in [1.54, 1.807) is 41.3 Å². The normalized spacial score (nSPS) is 19.5. The summed E-state index contributed by atoms with van der Waals surface area (Å²) in [7, 11) is -3.19. The van der Waals surface area contributed by atoms with Crippen molar-refractivity contribution >= 4 is 15.7 Å². The highest BCUT2D eigenvalue weighted by atomic mass is 32.2. The van der Waals surface area contributed by atoms with Crippen molar-refractivity contribution in [2.75, 3.05) is 5.75 Å². The topological polar surface area (TPSA) is 81.1 Å². The van der Waals surface area contributed by atoms with Gasteiger partial charge in [0, 0.05) is 17.8 Å². The first kappa shape index (κ1) is 13.6. The second-order valence-corrected chi connectivity index (χ2v) is 6.64. The molecule has 0 saturated carbocycles. The average molecular weight is 303 g/mol. The van der Waals surface area contributed by atoms with Crippen LogP contribution < -0.4 is 5.32 Å². The summed E-state index contributed by atoms with van der Waals surface area (Å²) in [6.07, 6.45) is 4.86. The Kier molecular flexibility index (Phi) is 3.34. The Hall–Kier alpha value is -2.41. The third-order valence-corrected chi connectivity index (χ3v) is 4.54. The van der Waals surface area contributed by atoms with Gasteiger partial charge in [-0.1, -0.05) is 12.1 Å². The lowest BCUT2D eigenvalue weighted by Crippen LogP contribution is -2.36. The molecule has 0 bridgehead atoms. The van der Waals surface area contributed by atoms with Gasteiger partial charge >= 0.3 is 0 Å². The van der Waals surface area contributed by atoms with Gasteiger partial charge in [0.1, 0.15) is 0 Å². The predicted octanol–water partition coefficient (Wildman–Crippen LogP) is 0.913. The number of nitrogens with one attached hydrogen (secondary N) is 1. The molecule has 1 amide bonds. The Balaban J connectivity index is 1.85. The van der Waals surface area contributed by atoms with Gasteiger partial charge in [-0.2, -0.15) is 5.10 Å². The summed E-state index contributed by atoms with van der Waals surface area (Å²) >= 11 is 0. The molecule has 2 aromatic rings. The van der Waals surface area contributed by atoms with Crippen LogP contribution >= 0.6 is 0 Å². The number of amides is 1. The van der Waals surface area contributed by atoms with Crippen LogP contribution in [0.4, 0.5) is 0 Å². The molecule has 108 valence electrons. The van der Waals surface area contributed by atoms with Crippen molar-refractivity contribution in [1.29, 1.82) is 0 Å². The second-order valence-electron chi connectivity index (χ2n) is 4.71. The Morgan fingerprint density at radius 2 is 2.10 bits per heavy atom. The maximum Gasteiger partial charge on any atom is 0.253 e. The number of sulfone groups is 1. The number of carbonyl (C=O) groups is 1. The van der Waals surface area contributed by atoms with Gasteiger partial charge in [-0.05, 0) is 24.3 Å². The summed E-state index contributed by atoms with van der Waals surface area (Å²) in [5.74, 6) is -0.421. The highest BCUT2D eigenvalue weighted by Crippen LogP contribution is 2.15. The summed E-state index contributed by atoms with van der Waals surface area (Å²) in [4.78, 5) is 12.3. The summed E-state index contributed by atoms with van der Waals surface area (Å²) in [6, 6.07) is 8.30. The van der Waals surface area contributed by atoms with Gasteiger partial charge in [-0.15, -0.1) is 0 Å². The fourth-order valence-electron chi connectivity index (χ4n) is 2.19. The maximum absolute atomic E-state index is 12.3. The van der Waals surface area contributed by atoms with Gasteiger partial charge < -0.3 is 5.32 Å². The maximum atomic E-state index is 12.3. The lowest BCUT2D eigenvalue weighted by molar-refractivity contribution is 0.0947. The van der Waals surface area contributed by atoms with Crippen molar-refractivity contribution in [2.24, 2.45) is 0 Å². The molecular formula is C14H13N3O3S. The largest absolute Gasteiger partial charge is 0.345 e. The lowest BCUT2D eigenvalue weighted by atomic mass is 10.1. The Labute approximate surface area is 122 Å². The number of para-hydroxylation sites is 1. The van der Waals surface area contributed by atoms with Crippen LogP contribution in [0.15, 0.2) is 54.2 Å². The number of rotatable bonds is 3. The van der Waals surface area contributed by atoms with E-state index in [9.17, 15) is 13.2 Å². The zero-order chi connectivity index (χ0) is 14.9. The molecule has 0 saturated heterocycles. The zero-order valence-electron chi connectivity index (χ0n) is 11.0. The van der Waals surface area contributed by atoms with Crippen molar-refractivity contribution in [3.8, 4) is 5.69 Å². The molecule has 2 heterocycles. The van der Waals surface area contributed by atoms with E-state index in [1.165, 1.54) is 6.08 Å². The minimum Gasteiger partial charge on any atom is -0.345 e. The van der Waals surface area contributed by atoms with E-state index in [2.05, 4.69) is 10.4 Å². The number of nitrogens with zero attached hydrogens (tertiary/aromatic N) is 2. The molecule has 1 aliphatic heterocycles. The molecule has 3 rings (SSSR count). The molecule has 1 aromatic carbocycles. The van der Waals surface area contributed by atoms with E-state index in [4.69, 9.17) is 0 Å². The number of hydrogen-bond acceptors (Lipinski definition) is 4. The van der Waals surface area contributed by atoms with Crippen LogP contribution in [0, 0.1) is 0 Å². The van der Waals surface area contributed by atoms with Gasteiger partial charge in [-0.25, -0.2) is 13.1 Å². The monoisotopic (exact) mass is 303 g/mol. The molecule has 0 fully saturated rings. The molecule has 0 spiro atoms. The summed E-state index contributed by atoms with van der Waals surface area (Å²) < 4.78 is 24.3. The van der Waals surface area contributed by atoms with Crippen LogP contribution in [0.1, 0.15) is 10.4 Å². The minimum atomic E-state index is -3.19. The van der Waals surface area contributed by atoms with E-state index >= 15 is 0 Å². The molecular weight excluding hydrogens is 290 g/mol. The summed E-state index contributed by atoms with van der Waals surface area (Å²) in [5, 5.41) is 7.95. The standard InChI is InChI=1S/C14H13N3O3S/c18-14(16-11-6-9-21(19,20)10-11)12-4-1-2-5-13(12)17-8-3-7-15-17/h1-9,11H,10H2,(H,16,18). The highest BCUT2D eigenvalue weighted by molar-refractivity contribution is 7.94. The Bertz CT molecular complexity index is 795. The van der Waals surface area contributed by atoms with Gasteiger partial charge in [0.15, 0.2) is 9.84 Å². The molecule has 1 atom stereocenters. The van der Waals surface area contributed by atoms with E-state index in [0.29, 0.717) is 11.3 Å². The first-order chi connectivity index (χ1) is 10.1. The molecule has 0 aliphatic carbocycles. The number of hydrogen-bond donors (Lipinski definition) is 1. The van der Waals surface area contributed by atoms with Gasteiger partial charge in [0.05, 0.1) is 23.0 Å². The first-order valence-electron chi connectivity index (χ1n) is 6.36. The third kappa shape index (κ3) is 2.87. The average Bonchev–Trinajstić information content (AvgIpc) is 3.08. The summed E-state index contributed by atoms with van der Waals surface area (Å²) in [5.41, 5.74) is 1.09. The van der Waals surface area contributed by atoms with Crippen LogP contribution in [-0.4, -0.2) is 35.9 Å². The van der Waals surface area contributed by atoms with Crippen molar-refractivity contribution in [3.63, 3.8) is 0 Å². The van der Waals surface area contributed by atoms with E-state index in [-0.39, 0.29) is 11.7 Å². The van der Waals surface area contributed by atoms with Crippen LogP contribution in [0.3, 0.4) is 0 Å².